The monoisotopic (exact) mass is 330 g/mol. The van der Waals surface area contributed by atoms with Gasteiger partial charge in [0.25, 0.3) is 0 Å². The molecule has 0 N–H and O–H groups in total. The third kappa shape index (κ3) is 2.74. The average Bonchev–Trinajstić information content (AvgIpc) is 3.00. The van der Waals surface area contributed by atoms with Gasteiger partial charge in [-0.1, -0.05) is 6.07 Å². The van der Waals surface area contributed by atoms with Gasteiger partial charge in [-0.05, 0) is 61.7 Å². The van der Waals surface area contributed by atoms with Crippen LogP contribution in [0.4, 0.5) is 0 Å². The van der Waals surface area contributed by atoms with Gasteiger partial charge in [0.1, 0.15) is 0 Å². The topological polar surface area (TPSA) is 52.8 Å². The number of rotatable bonds is 3. The van der Waals surface area contributed by atoms with Gasteiger partial charge in [0.15, 0.2) is 5.75 Å². The Balaban J connectivity index is 1.71. The van der Waals surface area contributed by atoms with E-state index < -0.39 is 0 Å². The molecule has 0 aliphatic rings. The van der Waals surface area contributed by atoms with Crippen molar-refractivity contribution in [1.29, 1.82) is 0 Å². The van der Waals surface area contributed by atoms with Gasteiger partial charge < -0.3 is 4.84 Å². The summed E-state index contributed by atoms with van der Waals surface area (Å²) >= 11 is 0. The molecule has 3 aromatic heterocycles. The van der Waals surface area contributed by atoms with Crippen LogP contribution in [0, 0.1) is 20.8 Å². The standard InChI is InChI=1S/C20H18N4O/c1-13-10-17(25-24-9-7-16-12-21-8-6-19(16)24)4-5-18(13)20-14(2)11-22-23-15(20)3/h4-12H,1-3H3. The van der Waals surface area contributed by atoms with Crippen molar-refractivity contribution in [3.05, 3.63) is 71.9 Å². The molecule has 4 rings (SSSR count). The molecule has 25 heavy (non-hydrogen) atoms. The molecule has 124 valence electrons. The number of aromatic nitrogens is 4. The summed E-state index contributed by atoms with van der Waals surface area (Å²) in [6.07, 6.45) is 7.28. The predicted molar refractivity (Wildman–Crippen MR) is 97.4 cm³/mol. The molecule has 0 fully saturated rings. The second-order valence-corrected chi connectivity index (χ2v) is 6.13. The van der Waals surface area contributed by atoms with Gasteiger partial charge in [-0.15, -0.1) is 0 Å². The van der Waals surface area contributed by atoms with Gasteiger partial charge in [0, 0.05) is 29.5 Å². The lowest BCUT2D eigenvalue weighted by molar-refractivity contribution is 0.229. The van der Waals surface area contributed by atoms with Crippen molar-refractivity contribution < 1.29 is 4.84 Å². The molecule has 0 aliphatic carbocycles. The minimum absolute atomic E-state index is 0.785. The minimum atomic E-state index is 0.785. The van der Waals surface area contributed by atoms with Crippen LogP contribution in [0.5, 0.6) is 5.75 Å². The second-order valence-electron chi connectivity index (χ2n) is 6.13. The molecule has 5 nitrogen and oxygen atoms in total. The maximum Gasteiger partial charge on any atom is 0.156 e. The molecular weight excluding hydrogens is 312 g/mol. The minimum Gasteiger partial charge on any atom is -0.375 e. The van der Waals surface area contributed by atoms with Crippen LogP contribution in [-0.2, 0) is 0 Å². The summed E-state index contributed by atoms with van der Waals surface area (Å²) in [4.78, 5) is 10.2. The summed E-state index contributed by atoms with van der Waals surface area (Å²) < 4.78 is 1.76. The van der Waals surface area contributed by atoms with E-state index in [-0.39, 0.29) is 0 Å². The van der Waals surface area contributed by atoms with E-state index in [9.17, 15) is 0 Å². The highest BCUT2D eigenvalue weighted by Crippen LogP contribution is 2.31. The van der Waals surface area contributed by atoms with E-state index in [2.05, 4.69) is 35.1 Å². The van der Waals surface area contributed by atoms with Crippen molar-refractivity contribution in [1.82, 2.24) is 19.9 Å². The Morgan fingerprint density at radius 2 is 1.84 bits per heavy atom. The van der Waals surface area contributed by atoms with Crippen molar-refractivity contribution in [2.75, 3.05) is 0 Å². The van der Waals surface area contributed by atoms with Crippen molar-refractivity contribution in [3.8, 4) is 16.9 Å². The number of nitrogens with zero attached hydrogens (tertiary/aromatic N) is 4. The van der Waals surface area contributed by atoms with E-state index in [1.807, 2.05) is 43.6 Å². The largest absolute Gasteiger partial charge is 0.375 e. The van der Waals surface area contributed by atoms with Gasteiger partial charge >= 0.3 is 0 Å². The molecule has 0 saturated heterocycles. The molecule has 4 aromatic rings. The van der Waals surface area contributed by atoms with Crippen LogP contribution in [0.2, 0.25) is 0 Å². The Morgan fingerprint density at radius 1 is 0.960 bits per heavy atom. The maximum absolute atomic E-state index is 6.02. The molecule has 0 saturated carbocycles. The molecule has 5 heteroatoms. The van der Waals surface area contributed by atoms with E-state index in [1.165, 1.54) is 0 Å². The molecule has 3 heterocycles. The smallest absolute Gasteiger partial charge is 0.156 e. The van der Waals surface area contributed by atoms with Crippen LogP contribution >= 0.6 is 0 Å². The normalized spacial score (nSPS) is 11.0. The number of hydrogen-bond donors (Lipinski definition) is 0. The summed E-state index contributed by atoms with van der Waals surface area (Å²) in [5.74, 6) is 0.785. The molecule has 0 unspecified atom stereocenters. The summed E-state index contributed by atoms with van der Waals surface area (Å²) in [5, 5.41) is 9.24. The first-order valence-electron chi connectivity index (χ1n) is 8.13. The summed E-state index contributed by atoms with van der Waals surface area (Å²) in [5.41, 5.74) is 6.46. The first-order valence-corrected chi connectivity index (χ1v) is 8.13. The van der Waals surface area contributed by atoms with Crippen LogP contribution in [0.25, 0.3) is 22.0 Å². The molecule has 1 aromatic carbocycles. The summed E-state index contributed by atoms with van der Waals surface area (Å²) in [6.45, 7) is 6.12. The maximum atomic E-state index is 6.02. The Hall–Kier alpha value is -3.21. The molecule has 0 amide bonds. The average molecular weight is 330 g/mol. The van der Waals surface area contributed by atoms with Crippen LogP contribution in [0.1, 0.15) is 16.8 Å². The van der Waals surface area contributed by atoms with Crippen molar-refractivity contribution in [2.45, 2.75) is 20.8 Å². The number of hydrogen-bond acceptors (Lipinski definition) is 4. The van der Waals surface area contributed by atoms with Gasteiger partial charge in [-0.2, -0.15) is 14.9 Å². The van der Waals surface area contributed by atoms with Gasteiger partial charge in [-0.25, -0.2) is 0 Å². The third-order valence-electron chi connectivity index (χ3n) is 4.34. The van der Waals surface area contributed by atoms with Crippen LogP contribution in [-0.4, -0.2) is 19.9 Å². The third-order valence-corrected chi connectivity index (χ3v) is 4.34. The van der Waals surface area contributed by atoms with Crippen molar-refractivity contribution in [3.63, 3.8) is 0 Å². The molecule has 0 spiro atoms. The zero-order valence-corrected chi connectivity index (χ0v) is 14.4. The predicted octanol–water partition coefficient (Wildman–Crippen LogP) is 4.26. The fourth-order valence-corrected chi connectivity index (χ4v) is 3.13. The van der Waals surface area contributed by atoms with E-state index in [0.29, 0.717) is 0 Å². The number of benzene rings is 1. The fraction of sp³-hybridized carbons (Fsp3) is 0.150. The SMILES string of the molecule is Cc1cc(On2ccc3cnccc32)ccc1-c1c(C)cnnc1C. The number of aryl methyl sites for hydroxylation is 3. The quantitative estimate of drug-likeness (QED) is 0.563. The van der Waals surface area contributed by atoms with E-state index >= 15 is 0 Å². The van der Waals surface area contributed by atoms with E-state index in [1.54, 1.807) is 17.1 Å². The Morgan fingerprint density at radius 3 is 2.64 bits per heavy atom. The summed E-state index contributed by atoms with van der Waals surface area (Å²) in [7, 11) is 0. The lowest BCUT2D eigenvalue weighted by atomic mass is 9.96. The van der Waals surface area contributed by atoms with Gasteiger partial charge in [0.2, 0.25) is 0 Å². The van der Waals surface area contributed by atoms with E-state index in [4.69, 9.17) is 4.84 Å². The highest BCUT2D eigenvalue weighted by atomic mass is 16.7. The highest BCUT2D eigenvalue weighted by molar-refractivity contribution is 5.78. The molecule has 0 radical (unpaired) electrons. The lowest BCUT2D eigenvalue weighted by Gasteiger charge is -2.13. The first kappa shape index (κ1) is 15.3. The van der Waals surface area contributed by atoms with Crippen molar-refractivity contribution >= 4 is 10.9 Å². The highest BCUT2D eigenvalue weighted by Gasteiger charge is 2.11. The Bertz CT molecular complexity index is 1050. The molecule has 0 aliphatic heterocycles. The summed E-state index contributed by atoms with van der Waals surface area (Å²) in [6, 6.07) is 10.0. The zero-order chi connectivity index (χ0) is 17.4. The van der Waals surface area contributed by atoms with Crippen molar-refractivity contribution in [2.24, 2.45) is 0 Å². The van der Waals surface area contributed by atoms with E-state index in [0.717, 1.165) is 44.6 Å². The van der Waals surface area contributed by atoms with Crippen LogP contribution < -0.4 is 4.84 Å². The molecular formula is C20H18N4O. The van der Waals surface area contributed by atoms with Crippen LogP contribution in [0.3, 0.4) is 0 Å². The van der Waals surface area contributed by atoms with Crippen LogP contribution in [0.15, 0.2) is 55.1 Å². The zero-order valence-electron chi connectivity index (χ0n) is 14.4. The molecule has 0 bridgehead atoms. The first-order chi connectivity index (χ1) is 12.1. The van der Waals surface area contributed by atoms with Gasteiger partial charge in [-0.3, -0.25) is 4.98 Å². The number of pyridine rings is 1. The lowest BCUT2D eigenvalue weighted by Crippen LogP contribution is -2.03. The number of fused-ring (bicyclic) bond motifs is 1. The second kappa shape index (κ2) is 6.02. The molecule has 0 atom stereocenters. The fourth-order valence-electron chi connectivity index (χ4n) is 3.13. The van der Waals surface area contributed by atoms with Gasteiger partial charge in [0.05, 0.1) is 17.4 Å². The Labute approximate surface area is 145 Å². The Kier molecular flexibility index (Phi) is 3.69.